The average Bonchev–Trinajstić information content (AvgIpc) is 2.76. The first kappa shape index (κ1) is 21.3. The van der Waals surface area contributed by atoms with Crippen molar-refractivity contribution in [1.82, 2.24) is 20.5 Å². The zero-order valence-corrected chi connectivity index (χ0v) is 17.0. The van der Waals surface area contributed by atoms with Crippen molar-refractivity contribution >= 4 is 22.7 Å². The Morgan fingerprint density at radius 3 is 2.53 bits per heavy atom. The Balaban J connectivity index is 1.39. The molecule has 2 aromatic carbocycles. The number of fused-ring (bicyclic) bond motifs is 1. The summed E-state index contributed by atoms with van der Waals surface area (Å²) in [5, 5.41) is 5.73. The van der Waals surface area contributed by atoms with Gasteiger partial charge in [0.05, 0.1) is 6.54 Å². The van der Waals surface area contributed by atoms with Gasteiger partial charge in [-0.15, -0.1) is 0 Å². The number of nitrogens with zero attached hydrogens (tertiary/aromatic N) is 1. The molecule has 0 atom stereocenters. The van der Waals surface area contributed by atoms with Gasteiger partial charge in [-0.05, 0) is 37.7 Å². The van der Waals surface area contributed by atoms with Crippen LogP contribution >= 0.6 is 0 Å². The summed E-state index contributed by atoms with van der Waals surface area (Å²) in [7, 11) is 2.04. The molecule has 0 saturated carbocycles. The van der Waals surface area contributed by atoms with Gasteiger partial charge >= 0.3 is 0 Å². The Morgan fingerprint density at radius 1 is 1.00 bits per heavy atom. The smallest absolute Gasteiger partial charge is 0.257 e. The highest BCUT2D eigenvalue weighted by Gasteiger charge is 2.13. The van der Waals surface area contributed by atoms with Crippen molar-refractivity contribution in [3.05, 3.63) is 82.1 Å². The van der Waals surface area contributed by atoms with E-state index in [1.165, 1.54) is 11.8 Å². The standard InChI is InChI=1S/C23H26N4O3/c1-27(16-17-8-3-2-4-9-17)13-7-12-24-21(28)15-26-23(30)19-14-25-20-11-6-5-10-18(20)22(19)29/h2-6,8-11,14H,7,12-13,15-16H2,1H3,(H,24,28)(H,25,29)(H,26,30). The zero-order valence-electron chi connectivity index (χ0n) is 17.0. The van der Waals surface area contributed by atoms with Crippen LogP contribution in [0, 0.1) is 0 Å². The first-order valence-corrected chi connectivity index (χ1v) is 9.92. The molecule has 2 amide bonds. The fourth-order valence-electron chi connectivity index (χ4n) is 3.21. The lowest BCUT2D eigenvalue weighted by atomic mass is 10.1. The number of hydrogen-bond donors (Lipinski definition) is 3. The molecule has 0 aliphatic rings. The van der Waals surface area contributed by atoms with Gasteiger partial charge in [-0.25, -0.2) is 0 Å². The summed E-state index contributed by atoms with van der Waals surface area (Å²) in [6.45, 7) is 2.04. The Hall–Kier alpha value is -3.45. The summed E-state index contributed by atoms with van der Waals surface area (Å²) in [6, 6.07) is 17.2. The van der Waals surface area contributed by atoms with Crippen LogP contribution in [0.25, 0.3) is 10.9 Å². The number of rotatable bonds is 9. The summed E-state index contributed by atoms with van der Waals surface area (Å²) < 4.78 is 0. The molecular formula is C23H26N4O3. The molecule has 3 rings (SSSR count). The number of aromatic nitrogens is 1. The highest BCUT2D eigenvalue weighted by atomic mass is 16.2. The summed E-state index contributed by atoms with van der Waals surface area (Å²) in [6.07, 6.45) is 2.17. The zero-order chi connectivity index (χ0) is 21.3. The van der Waals surface area contributed by atoms with Gasteiger partial charge in [-0.2, -0.15) is 0 Å². The lowest BCUT2D eigenvalue weighted by Gasteiger charge is -2.16. The quantitative estimate of drug-likeness (QED) is 0.473. The third-order valence-corrected chi connectivity index (χ3v) is 4.78. The Bertz CT molecular complexity index is 1060. The molecule has 0 bridgehead atoms. The number of benzene rings is 2. The van der Waals surface area contributed by atoms with E-state index in [0.29, 0.717) is 17.4 Å². The van der Waals surface area contributed by atoms with Crippen LogP contribution in [0.1, 0.15) is 22.3 Å². The molecule has 1 aromatic heterocycles. The first-order chi connectivity index (χ1) is 14.5. The van der Waals surface area contributed by atoms with Crippen molar-refractivity contribution in [3.8, 4) is 0 Å². The molecule has 0 aliphatic heterocycles. The van der Waals surface area contributed by atoms with E-state index in [9.17, 15) is 14.4 Å². The molecule has 3 N–H and O–H groups in total. The van der Waals surface area contributed by atoms with E-state index >= 15 is 0 Å². The van der Waals surface area contributed by atoms with Crippen molar-refractivity contribution in [2.24, 2.45) is 0 Å². The highest BCUT2D eigenvalue weighted by molar-refractivity contribution is 5.98. The van der Waals surface area contributed by atoms with E-state index in [2.05, 4.69) is 32.7 Å². The van der Waals surface area contributed by atoms with Crippen LogP contribution in [0.2, 0.25) is 0 Å². The molecule has 3 aromatic rings. The van der Waals surface area contributed by atoms with E-state index in [0.717, 1.165) is 19.5 Å². The summed E-state index contributed by atoms with van der Waals surface area (Å²) in [4.78, 5) is 41.8. The molecule has 0 radical (unpaired) electrons. The number of pyridine rings is 1. The lowest BCUT2D eigenvalue weighted by Crippen LogP contribution is -2.39. The van der Waals surface area contributed by atoms with Crippen LogP contribution in [0.15, 0.2) is 65.6 Å². The number of carbonyl (C=O) groups excluding carboxylic acids is 2. The third kappa shape index (κ3) is 5.78. The summed E-state index contributed by atoms with van der Waals surface area (Å²) >= 11 is 0. The topological polar surface area (TPSA) is 94.3 Å². The van der Waals surface area contributed by atoms with Crippen molar-refractivity contribution < 1.29 is 9.59 Å². The van der Waals surface area contributed by atoms with Crippen LogP contribution < -0.4 is 16.1 Å². The maximum Gasteiger partial charge on any atom is 0.257 e. The largest absolute Gasteiger partial charge is 0.360 e. The summed E-state index contributed by atoms with van der Waals surface area (Å²) in [5.41, 5.74) is 1.54. The number of amides is 2. The Morgan fingerprint density at radius 2 is 1.73 bits per heavy atom. The Kier molecular flexibility index (Phi) is 7.34. The maximum absolute atomic E-state index is 12.4. The fraction of sp³-hybridized carbons (Fsp3) is 0.261. The molecular weight excluding hydrogens is 380 g/mol. The average molecular weight is 406 g/mol. The maximum atomic E-state index is 12.4. The number of nitrogens with one attached hydrogen (secondary N) is 3. The predicted octanol–water partition coefficient (Wildman–Crippen LogP) is 1.90. The second-order valence-electron chi connectivity index (χ2n) is 7.19. The van der Waals surface area contributed by atoms with Gasteiger partial charge in [0, 0.05) is 30.2 Å². The van der Waals surface area contributed by atoms with Gasteiger partial charge < -0.3 is 20.5 Å². The van der Waals surface area contributed by atoms with Gasteiger partial charge in [0.2, 0.25) is 11.3 Å². The number of para-hydroxylation sites is 1. The number of hydrogen-bond acceptors (Lipinski definition) is 4. The van der Waals surface area contributed by atoms with E-state index in [1.807, 2.05) is 31.3 Å². The molecule has 0 fully saturated rings. The minimum Gasteiger partial charge on any atom is -0.360 e. The molecule has 0 spiro atoms. The second kappa shape index (κ2) is 10.4. The van der Waals surface area contributed by atoms with Gasteiger partial charge in [0.25, 0.3) is 5.91 Å². The number of carbonyl (C=O) groups is 2. The van der Waals surface area contributed by atoms with Crippen LogP contribution in [0.4, 0.5) is 0 Å². The molecule has 30 heavy (non-hydrogen) atoms. The van der Waals surface area contributed by atoms with E-state index in [4.69, 9.17) is 0 Å². The molecule has 156 valence electrons. The van der Waals surface area contributed by atoms with Gasteiger partial charge in [-0.3, -0.25) is 14.4 Å². The SMILES string of the molecule is CN(CCCNC(=O)CNC(=O)c1c[nH]c2ccccc2c1=O)Cc1ccccc1. The molecule has 0 aliphatic carbocycles. The monoisotopic (exact) mass is 406 g/mol. The van der Waals surface area contributed by atoms with Gasteiger partial charge in [0.1, 0.15) is 5.56 Å². The molecule has 0 unspecified atom stereocenters. The number of H-pyrrole nitrogens is 1. The van der Waals surface area contributed by atoms with Crippen molar-refractivity contribution in [1.29, 1.82) is 0 Å². The van der Waals surface area contributed by atoms with Crippen molar-refractivity contribution in [2.75, 3.05) is 26.7 Å². The number of aromatic amines is 1. The normalized spacial score (nSPS) is 10.9. The van der Waals surface area contributed by atoms with Crippen LogP contribution in [0.5, 0.6) is 0 Å². The second-order valence-corrected chi connectivity index (χ2v) is 7.19. The van der Waals surface area contributed by atoms with Crippen LogP contribution in [0.3, 0.4) is 0 Å². The predicted molar refractivity (Wildman–Crippen MR) is 117 cm³/mol. The minimum absolute atomic E-state index is 0.0102. The van der Waals surface area contributed by atoms with E-state index in [-0.39, 0.29) is 23.4 Å². The van der Waals surface area contributed by atoms with Crippen molar-refractivity contribution in [2.45, 2.75) is 13.0 Å². The minimum atomic E-state index is -0.570. The molecule has 7 nitrogen and oxygen atoms in total. The summed E-state index contributed by atoms with van der Waals surface area (Å²) in [5.74, 6) is -0.856. The van der Waals surface area contributed by atoms with Gasteiger partial charge in [0.15, 0.2) is 0 Å². The van der Waals surface area contributed by atoms with E-state index in [1.54, 1.807) is 18.2 Å². The van der Waals surface area contributed by atoms with Crippen LogP contribution in [-0.4, -0.2) is 48.4 Å². The molecule has 7 heteroatoms. The lowest BCUT2D eigenvalue weighted by molar-refractivity contribution is -0.120. The Labute approximate surface area is 175 Å². The molecule has 1 heterocycles. The fourth-order valence-corrected chi connectivity index (χ4v) is 3.21. The highest BCUT2D eigenvalue weighted by Crippen LogP contribution is 2.07. The van der Waals surface area contributed by atoms with Gasteiger partial charge in [-0.1, -0.05) is 42.5 Å². The van der Waals surface area contributed by atoms with E-state index < -0.39 is 5.91 Å². The molecule has 0 saturated heterocycles. The third-order valence-electron chi connectivity index (χ3n) is 4.78. The first-order valence-electron chi connectivity index (χ1n) is 9.92. The van der Waals surface area contributed by atoms with Crippen molar-refractivity contribution in [3.63, 3.8) is 0 Å². The van der Waals surface area contributed by atoms with Crippen LogP contribution in [-0.2, 0) is 11.3 Å².